The van der Waals surface area contributed by atoms with Crippen molar-refractivity contribution in [2.45, 2.75) is 46.2 Å². The topological polar surface area (TPSA) is 109 Å². The van der Waals surface area contributed by atoms with E-state index in [0.717, 1.165) is 17.1 Å². The van der Waals surface area contributed by atoms with E-state index in [-0.39, 0.29) is 35.9 Å². The third-order valence-electron chi connectivity index (χ3n) is 4.67. The van der Waals surface area contributed by atoms with Gasteiger partial charge in [0.05, 0.1) is 24.3 Å². The van der Waals surface area contributed by atoms with Gasteiger partial charge in [0.25, 0.3) is 0 Å². The summed E-state index contributed by atoms with van der Waals surface area (Å²) in [5, 5.41) is 25.1. The molecular weight excluding hydrogens is 481 g/mol. The average Bonchev–Trinajstić information content (AvgIpc) is 3.24. The molecule has 0 saturated heterocycles. The van der Waals surface area contributed by atoms with Gasteiger partial charge in [0.15, 0.2) is 11.6 Å². The van der Waals surface area contributed by atoms with Crippen molar-refractivity contribution in [3.8, 4) is 26.9 Å². The van der Waals surface area contributed by atoms with Crippen LogP contribution in [0.4, 0.5) is 10.2 Å². The third-order valence-corrected chi connectivity index (χ3v) is 5.98. The number of carbonyl (C=O) groups is 1. The number of rotatable bonds is 10. The number of benzene rings is 1. The van der Waals surface area contributed by atoms with Gasteiger partial charge in [0.1, 0.15) is 15.8 Å². The molecule has 11 heteroatoms. The Morgan fingerprint density at radius 1 is 1.24 bits per heavy atom. The van der Waals surface area contributed by atoms with E-state index in [1.807, 2.05) is 32.9 Å². The summed E-state index contributed by atoms with van der Waals surface area (Å²) in [6.45, 7) is 7.18. The molecule has 0 spiro atoms. The molecule has 0 aliphatic carbocycles. The number of halogens is 2. The van der Waals surface area contributed by atoms with Crippen LogP contribution < -0.4 is 15.4 Å². The Kier molecular flexibility index (Phi) is 8.76. The lowest BCUT2D eigenvalue weighted by Crippen LogP contribution is -2.37. The molecule has 0 unspecified atom stereocenters. The lowest BCUT2D eigenvalue weighted by atomic mass is 10.2. The maximum absolute atomic E-state index is 14.7. The lowest BCUT2D eigenvalue weighted by Gasteiger charge is -2.16. The van der Waals surface area contributed by atoms with Crippen LogP contribution in [0.15, 0.2) is 24.3 Å². The van der Waals surface area contributed by atoms with Crippen LogP contribution in [0, 0.1) is 12.7 Å². The van der Waals surface area contributed by atoms with Gasteiger partial charge in [-0.25, -0.2) is 9.37 Å². The number of anilines is 1. The largest absolute Gasteiger partial charge is 0.490 e. The fourth-order valence-corrected chi connectivity index (χ4v) is 4.38. The molecule has 3 aromatic rings. The Hall–Kier alpha value is -2.82. The van der Waals surface area contributed by atoms with E-state index >= 15 is 0 Å². The number of pyridine rings is 1. The molecule has 2 aromatic heterocycles. The van der Waals surface area contributed by atoms with E-state index in [0.29, 0.717) is 22.0 Å². The number of carbonyl (C=O) groups excluding carboxylic acids is 1. The van der Waals surface area contributed by atoms with Crippen molar-refractivity contribution in [3.05, 3.63) is 40.8 Å². The van der Waals surface area contributed by atoms with Crippen molar-refractivity contribution in [2.24, 2.45) is 0 Å². The minimum absolute atomic E-state index is 0.0211. The summed E-state index contributed by atoms with van der Waals surface area (Å²) in [4.78, 5) is 15.6. The summed E-state index contributed by atoms with van der Waals surface area (Å²) >= 11 is 7.71. The maximum atomic E-state index is 14.7. The molecule has 3 rings (SSSR count). The van der Waals surface area contributed by atoms with Crippen LogP contribution in [-0.4, -0.2) is 51.5 Å². The van der Waals surface area contributed by atoms with Crippen LogP contribution in [0.25, 0.3) is 21.1 Å². The van der Waals surface area contributed by atoms with Gasteiger partial charge in [0.2, 0.25) is 5.91 Å². The Morgan fingerprint density at radius 2 is 1.97 bits per heavy atom. The highest BCUT2D eigenvalue weighted by molar-refractivity contribution is 7.18. The minimum Gasteiger partial charge on any atom is -0.490 e. The van der Waals surface area contributed by atoms with Gasteiger partial charge >= 0.3 is 0 Å². The zero-order chi connectivity index (χ0) is 24.8. The number of hydrogen-bond acceptors (Lipinski definition) is 8. The molecule has 0 fully saturated rings. The van der Waals surface area contributed by atoms with Gasteiger partial charge in [-0.1, -0.05) is 22.9 Å². The molecule has 34 heavy (non-hydrogen) atoms. The first-order valence-electron chi connectivity index (χ1n) is 10.8. The number of aromatic nitrogens is 3. The van der Waals surface area contributed by atoms with Crippen molar-refractivity contribution in [1.82, 2.24) is 20.5 Å². The monoisotopic (exact) mass is 507 g/mol. The van der Waals surface area contributed by atoms with Crippen molar-refractivity contribution in [2.75, 3.05) is 18.5 Å². The number of aliphatic hydroxyl groups is 1. The summed E-state index contributed by atoms with van der Waals surface area (Å²) < 4.78 is 20.2. The molecule has 182 valence electrons. The Bertz CT molecular complexity index is 1160. The van der Waals surface area contributed by atoms with E-state index in [4.69, 9.17) is 16.3 Å². The first-order chi connectivity index (χ1) is 16.2. The molecule has 0 bridgehead atoms. The van der Waals surface area contributed by atoms with Gasteiger partial charge in [-0.05, 0) is 39.0 Å². The molecule has 8 nitrogen and oxygen atoms in total. The SMILES string of the molecule is CC(=O)N[C@@H](CO)CCOc1cc(Cl)c(-c2nnc(-c3cc(C)nc(NC(C)C)c3)s2)cc1F. The molecule has 0 radical (unpaired) electrons. The zero-order valence-corrected chi connectivity index (χ0v) is 20.9. The van der Waals surface area contributed by atoms with Crippen LogP contribution in [0.1, 0.15) is 32.9 Å². The summed E-state index contributed by atoms with van der Waals surface area (Å²) in [7, 11) is 0. The standard InChI is InChI=1S/C23H27ClFN5O3S/c1-12(2)26-21-8-15(7-13(3)27-21)22-29-30-23(34-22)17-9-19(25)20(10-18(17)24)33-6-5-16(11-31)28-14(4)32/h7-10,12,16,31H,5-6,11H2,1-4H3,(H,26,27)(H,28,32)/t16-/m1/s1. The Balaban J connectivity index is 1.76. The highest BCUT2D eigenvalue weighted by atomic mass is 35.5. The van der Waals surface area contributed by atoms with E-state index < -0.39 is 11.9 Å². The second kappa shape index (κ2) is 11.5. The first kappa shape index (κ1) is 25.8. The van der Waals surface area contributed by atoms with Crippen LogP contribution in [0.5, 0.6) is 5.75 Å². The number of aliphatic hydroxyl groups excluding tert-OH is 1. The van der Waals surface area contributed by atoms with Crippen LogP contribution in [0.2, 0.25) is 5.02 Å². The quantitative estimate of drug-likeness (QED) is 0.372. The van der Waals surface area contributed by atoms with Gasteiger partial charge in [0, 0.05) is 42.3 Å². The summed E-state index contributed by atoms with van der Waals surface area (Å²) in [5.41, 5.74) is 2.10. The second-order valence-electron chi connectivity index (χ2n) is 8.07. The van der Waals surface area contributed by atoms with E-state index in [9.17, 15) is 14.3 Å². The third kappa shape index (κ3) is 6.85. The van der Waals surface area contributed by atoms with E-state index in [1.165, 1.54) is 30.4 Å². The van der Waals surface area contributed by atoms with Crippen LogP contribution in [0.3, 0.4) is 0 Å². The van der Waals surface area contributed by atoms with Crippen molar-refractivity contribution >= 4 is 34.7 Å². The van der Waals surface area contributed by atoms with E-state index in [1.54, 1.807) is 0 Å². The van der Waals surface area contributed by atoms with Crippen LogP contribution >= 0.6 is 22.9 Å². The van der Waals surface area contributed by atoms with Gasteiger partial charge in [-0.3, -0.25) is 4.79 Å². The van der Waals surface area contributed by atoms with Gasteiger partial charge in [-0.15, -0.1) is 10.2 Å². The summed E-state index contributed by atoms with van der Waals surface area (Å²) in [6.07, 6.45) is 0.313. The number of ether oxygens (including phenoxy) is 1. The smallest absolute Gasteiger partial charge is 0.217 e. The Labute approximate surface area is 206 Å². The molecular formula is C23H27ClFN5O3S. The normalized spacial score (nSPS) is 12.0. The van der Waals surface area contributed by atoms with Crippen LogP contribution in [-0.2, 0) is 4.79 Å². The number of hydrogen-bond donors (Lipinski definition) is 3. The molecule has 1 amide bonds. The summed E-state index contributed by atoms with van der Waals surface area (Å²) in [6, 6.07) is 6.23. The van der Waals surface area contributed by atoms with Crippen molar-refractivity contribution in [3.63, 3.8) is 0 Å². The van der Waals surface area contributed by atoms with Crippen molar-refractivity contribution in [1.29, 1.82) is 0 Å². The average molecular weight is 508 g/mol. The molecule has 1 aromatic carbocycles. The molecule has 2 heterocycles. The predicted molar refractivity (Wildman–Crippen MR) is 132 cm³/mol. The van der Waals surface area contributed by atoms with Gasteiger partial charge < -0.3 is 20.5 Å². The predicted octanol–water partition coefficient (Wildman–Crippen LogP) is 4.45. The highest BCUT2D eigenvalue weighted by Gasteiger charge is 2.17. The minimum atomic E-state index is -0.598. The van der Waals surface area contributed by atoms with Crippen molar-refractivity contribution < 1.29 is 19.0 Å². The Morgan fingerprint density at radius 3 is 2.65 bits per heavy atom. The summed E-state index contributed by atoms with van der Waals surface area (Å²) in [5.74, 6) is -0.135. The second-order valence-corrected chi connectivity index (χ2v) is 9.46. The molecule has 1 atom stereocenters. The number of nitrogens with zero attached hydrogens (tertiary/aromatic N) is 3. The molecule has 0 saturated carbocycles. The van der Waals surface area contributed by atoms with Gasteiger partial charge in [-0.2, -0.15) is 0 Å². The van der Waals surface area contributed by atoms with E-state index in [2.05, 4.69) is 25.8 Å². The zero-order valence-electron chi connectivity index (χ0n) is 19.4. The highest BCUT2D eigenvalue weighted by Crippen LogP contribution is 2.37. The lowest BCUT2D eigenvalue weighted by molar-refractivity contribution is -0.120. The number of amides is 1. The fourth-order valence-electron chi connectivity index (χ4n) is 3.22. The number of nitrogens with one attached hydrogen (secondary N) is 2. The number of aryl methyl sites for hydroxylation is 1. The fraction of sp³-hybridized carbons (Fsp3) is 0.391. The molecule has 0 aliphatic heterocycles. The molecule has 0 aliphatic rings. The molecule has 3 N–H and O–H groups in total. The maximum Gasteiger partial charge on any atom is 0.217 e. The first-order valence-corrected chi connectivity index (χ1v) is 11.9.